The lowest BCUT2D eigenvalue weighted by molar-refractivity contribution is -0.0197. The molecule has 0 saturated carbocycles. The van der Waals surface area contributed by atoms with Crippen molar-refractivity contribution in [2.45, 2.75) is 19.2 Å². The van der Waals surface area contributed by atoms with E-state index in [2.05, 4.69) is 5.32 Å². The van der Waals surface area contributed by atoms with Crippen LogP contribution in [0.15, 0.2) is 60.7 Å². The van der Waals surface area contributed by atoms with Crippen LogP contribution in [0.3, 0.4) is 0 Å². The molecule has 0 aliphatic heterocycles. The summed E-state index contributed by atoms with van der Waals surface area (Å²) in [5.41, 5.74) is 0.0635. The maximum absolute atomic E-state index is 10.2. The molecule has 19 heavy (non-hydrogen) atoms. The van der Waals surface area contributed by atoms with E-state index in [-0.39, 0.29) is 6.61 Å². The molecule has 0 bridgehead atoms. The minimum absolute atomic E-state index is 0.198. The number of hydrogen-bond acceptors (Lipinski definition) is 3. The smallest absolute Gasteiger partial charge is 0.147 e. The van der Waals surface area contributed by atoms with Crippen LogP contribution < -0.4 is 10.1 Å². The third-order valence-corrected chi connectivity index (χ3v) is 2.78. The average molecular weight is 257 g/mol. The van der Waals surface area contributed by atoms with Crippen LogP contribution in [0.1, 0.15) is 12.5 Å². The SMILES string of the molecule is C[C@@](O)(COc1ccccc1)NCc1ccccc1. The molecule has 2 aromatic rings. The summed E-state index contributed by atoms with van der Waals surface area (Å²) < 4.78 is 5.55. The van der Waals surface area contributed by atoms with Crippen LogP contribution in [0, 0.1) is 0 Å². The van der Waals surface area contributed by atoms with E-state index in [1.807, 2.05) is 60.7 Å². The Morgan fingerprint density at radius 3 is 2.21 bits per heavy atom. The molecule has 2 rings (SSSR count). The second kappa shape index (κ2) is 6.36. The Morgan fingerprint density at radius 2 is 1.58 bits per heavy atom. The van der Waals surface area contributed by atoms with Gasteiger partial charge in [0.2, 0.25) is 0 Å². The van der Waals surface area contributed by atoms with Crippen molar-refractivity contribution in [1.29, 1.82) is 0 Å². The molecular formula is C16H19NO2. The molecule has 0 aromatic heterocycles. The van der Waals surface area contributed by atoms with Crippen molar-refractivity contribution in [2.24, 2.45) is 0 Å². The summed E-state index contributed by atoms with van der Waals surface area (Å²) in [6.07, 6.45) is 0. The summed E-state index contributed by atoms with van der Waals surface area (Å²) in [6.45, 7) is 2.51. The molecule has 2 aromatic carbocycles. The lowest BCUT2D eigenvalue weighted by Gasteiger charge is -2.25. The normalized spacial score (nSPS) is 13.8. The van der Waals surface area contributed by atoms with Crippen LogP contribution in [-0.2, 0) is 6.54 Å². The van der Waals surface area contributed by atoms with E-state index in [1.165, 1.54) is 0 Å². The first kappa shape index (κ1) is 13.6. The van der Waals surface area contributed by atoms with Gasteiger partial charge in [0.25, 0.3) is 0 Å². The van der Waals surface area contributed by atoms with Gasteiger partial charge in [-0.05, 0) is 24.6 Å². The Bertz CT molecular complexity index is 437. The fourth-order valence-corrected chi connectivity index (χ4v) is 1.68. The number of nitrogens with one attached hydrogen (secondary N) is 1. The van der Waals surface area contributed by atoms with E-state index in [1.54, 1.807) is 6.92 Å². The minimum Gasteiger partial charge on any atom is -0.489 e. The Balaban J connectivity index is 1.82. The van der Waals surface area contributed by atoms with Gasteiger partial charge in [0, 0.05) is 6.54 Å². The predicted molar refractivity (Wildman–Crippen MR) is 75.8 cm³/mol. The first-order chi connectivity index (χ1) is 9.16. The topological polar surface area (TPSA) is 41.5 Å². The van der Waals surface area contributed by atoms with Crippen LogP contribution in [0.2, 0.25) is 0 Å². The zero-order valence-electron chi connectivity index (χ0n) is 11.0. The largest absolute Gasteiger partial charge is 0.489 e. The molecule has 0 aliphatic carbocycles. The highest BCUT2D eigenvalue weighted by molar-refractivity contribution is 5.21. The van der Waals surface area contributed by atoms with Gasteiger partial charge in [0.15, 0.2) is 0 Å². The number of aliphatic hydroxyl groups is 1. The van der Waals surface area contributed by atoms with E-state index in [0.29, 0.717) is 6.54 Å². The quantitative estimate of drug-likeness (QED) is 0.781. The summed E-state index contributed by atoms with van der Waals surface area (Å²) >= 11 is 0. The van der Waals surface area contributed by atoms with Gasteiger partial charge in [-0.3, -0.25) is 5.32 Å². The summed E-state index contributed by atoms with van der Waals surface area (Å²) in [7, 11) is 0. The minimum atomic E-state index is -1.06. The number of para-hydroxylation sites is 1. The second-order valence-electron chi connectivity index (χ2n) is 4.71. The lowest BCUT2D eigenvalue weighted by Crippen LogP contribution is -2.46. The Labute approximate surface area is 113 Å². The number of benzene rings is 2. The van der Waals surface area contributed by atoms with E-state index in [4.69, 9.17) is 4.74 Å². The molecule has 0 aliphatic rings. The van der Waals surface area contributed by atoms with Gasteiger partial charge in [0.1, 0.15) is 18.1 Å². The van der Waals surface area contributed by atoms with Crippen molar-refractivity contribution in [2.75, 3.05) is 6.61 Å². The Morgan fingerprint density at radius 1 is 1.00 bits per heavy atom. The maximum atomic E-state index is 10.2. The molecule has 0 saturated heterocycles. The molecule has 0 radical (unpaired) electrons. The van der Waals surface area contributed by atoms with Crippen LogP contribution in [0.25, 0.3) is 0 Å². The highest BCUT2D eigenvalue weighted by Crippen LogP contribution is 2.11. The first-order valence-electron chi connectivity index (χ1n) is 6.35. The summed E-state index contributed by atoms with van der Waals surface area (Å²) in [5, 5.41) is 13.3. The molecule has 3 nitrogen and oxygen atoms in total. The Kier molecular flexibility index (Phi) is 4.55. The van der Waals surface area contributed by atoms with Crippen molar-refractivity contribution in [3.05, 3.63) is 66.2 Å². The third kappa shape index (κ3) is 4.73. The van der Waals surface area contributed by atoms with Crippen molar-refractivity contribution in [3.8, 4) is 5.75 Å². The van der Waals surface area contributed by atoms with Gasteiger partial charge in [-0.25, -0.2) is 0 Å². The summed E-state index contributed by atoms with van der Waals surface area (Å²) in [5.74, 6) is 0.754. The predicted octanol–water partition coefficient (Wildman–Crippen LogP) is 2.56. The standard InChI is InChI=1S/C16H19NO2/c1-16(18,13-19-15-10-6-3-7-11-15)17-12-14-8-4-2-5-9-14/h2-11,17-18H,12-13H2,1H3/t16-/m1/s1. The fraction of sp³-hybridized carbons (Fsp3) is 0.250. The fourth-order valence-electron chi connectivity index (χ4n) is 1.68. The van der Waals surface area contributed by atoms with Gasteiger partial charge in [-0.15, -0.1) is 0 Å². The van der Waals surface area contributed by atoms with Gasteiger partial charge in [-0.2, -0.15) is 0 Å². The molecule has 0 amide bonds. The molecule has 1 atom stereocenters. The van der Waals surface area contributed by atoms with Gasteiger partial charge < -0.3 is 9.84 Å². The van der Waals surface area contributed by atoms with Crippen LogP contribution in [0.4, 0.5) is 0 Å². The zero-order chi connectivity index (χ0) is 13.6. The van der Waals surface area contributed by atoms with Gasteiger partial charge >= 0.3 is 0 Å². The highest BCUT2D eigenvalue weighted by atomic mass is 16.5. The third-order valence-electron chi connectivity index (χ3n) is 2.78. The van der Waals surface area contributed by atoms with E-state index in [9.17, 15) is 5.11 Å². The lowest BCUT2D eigenvalue weighted by atomic mass is 10.2. The molecule has 0 fully saturated rings. The van der Waals surface area contributed by atoms with Crippen LogP contribution in [-0.4, -0.2) is 17.4 Å². The van der Waals surface area contributed by atoms with Crippen molar-refractivity contribution in [3.63, 3.8) is 0 Å². The zero-order valence-corrected chi connectivity index (χ0v) is 11.0. The molecular weight excluding hydrogens is 238 g/mol. The summed E-state index contributed by atoms with van der Waals surface area (Å²) in [6, 6.07) is 19.4. The molecule has 100 valence electrons. The molecule has 0 unspecified atom stereocenters. The Hall–Kier alpha value is -1.84. The van der Waals surface area contributed by atoms with Crippen LogP contribution >= 0.6 is 0 Å². The first-order valence-corrected chi connectivity index (χ1v) is 6.35. The number of ether oxygens (including phenoxy) is 1. The highest BCUT2D eigenvalue weighted by Gasteiger charge is 2.20. The van der Waals surface area contributed by atoms with Crippen molar-refractivity contribution >= 4 is 0 Å². The van der Waals surface area contributed by atoms with E-state index < -0.39 is 5.72 Å². The molecule has 2 N–H and O–H groups in total. The van der Waals surface area contributed by atoms with Gasteiger partial charge in [0.05, 0.1) is 0 Å². The summed E-state index contributed by atoms with van der Waals surface area (Å²) in [4.78, 5) is 0. The average Bonchev–Trinajstić information content (AvgIpc) is 2.46. The number of rotatable bonds is 6. The van der Waals surface area contributed by atoms with Crippen molar-refractivity contribution in [1.82, 2.24) is 5.32 Å². The molecule has 0 heterocycles. The number of hydrogen-bond donors (Lipinski definition) is 2. The van der Waals surface area contributed by atoms with Gasteiger partial charge in [-0.1, -0.05) is 48.5 Å². The second-order valence-corrected chi connectivity index (χ2v) is 4.71. The molecule has 3 heteroatoms. The monoisotopic (exact) mass is 257 g/mol. The van der Waals surface area contributed by atoms with Crippen molar-refractivity contribution < 1.29 is 9.84 Å². The molecule has 0 spiro atoms. The van der Waals surface area contributed by atoms with Crippen LogP contribution in [0.5, 0.6) is 5.75 Å². The van der Waals surface area contributed by atoms with E-state index in [0.717, 1.165) is 11.3 Å². The maximum Gasteiger partial charge on any atom is 0.147 e. The van der Waals surface area contributed by atoms with E-state index >= 15 is 0 Å².